The second-order valence-electron chi connectivity index (χ2n) is 4.83. The summed E-state index contributed by atoms with van der Waals surface area (Å²) < 4.78 is 37.6. The summed E-state index contributed by atoms with van der Waals surface area (Å²) in [5, 5.41) is 3.30. The minimum atomic E-state index is -4.26. The molecule has 0 saturated carbocycles. The molecule has 1 N–H and O–H groups in total. The molecule has 1 saturated heterocycles. The number of hydrogen-bond donors (Lipinski definition) is 1. The molecule has 100 valence electrons. The summed E-state index contributed by atoms with van der Waals surface area (Å²) in [5.74, 6) is 0. The third kappa shape index (κ3) is 3.46. The van der Waals surface area contributed by atoms with Crippen LogP contribution in [0.15, 0.2) is 24.3 Å². The lowest BCUT2D eigenvalue weighted by molar-refractivity contribution is -0.137. The molecule has 0 spiro atoms. The molecular formula is C13H17F3N2. The predicted octanol–water partition coefficient (Wildman–Crippen LogP) is 2.50. The van der Waals surface area contributed by atoms with Gasteiger partial charge >= 0.3 is 6.18 Å². The minimum absolute atomic E-state index is 0.379. The van der Waals surface area contributed by atoms with Gasteiger partial charge in [-0.25, -0.2) is 0 Å². The number of halogens is 3. The Hall–Kier alpha value is -1.07. The van der Waals surface area contributed by atoms with Gasteiger partial charge in [-0.1, -0.05) is 18.2 Å². The summed E-state index contributed by atoms with van der Waals surface area (Å²) in [5.41, 5.74) is 0.102. The number of nitrogens with one attached hydrogen (secondary N) is 1. The van der Waals surface area contributed by atoms with E-state index in [9.17, 15) is 13.2 Å². The van der Waals surface area contributed by atoms with Crippen molar-refractivity contribution in [2.75, 3.05) is 20.1 Å². The molecule has 5 heteroatoms. The van der Waals surface area contributed by atoms with Crippen molar-refractivity contribution >= 4 is 0 Å². The second kappa shape index (κ2) is 5.28. The third-order valence-corrected chi connectivity index (χ3v) is 3.24. The number of benzene rings is 1. The molecule has 1 aromatic carbocycles. The Morgan fingerprint density at radius 2 is 2.17 bits per heavy atom. The maximum absolute atomic E-state index is 12.5. The van der Waals surface area contributed by atoms with Gasteiger partial charge in [-0.15, -0.1) is 0 Å². The Kier molecular flexibility index (Phi) is 3.92. The van der Waals surface area contributed by atoms with Crippen LogP contribution in [-0.2, 0) is 12.7 Å². The van der Waals surface area contributed by atoms with Crippen LogP contribution in [0.1, 0.15) is 17.5 Å². The SMILES string of the molecule is CN1CCC(NCc2cccc(C(F)(F)F)c2)C1. The van der Waals surface area contributed by atoms with Gasteiger partial charge in [0, 0.05) is 19.1 Å². The third-order valence-electron chi connectivity index (χ3n) is 3.24. The fraction of sp³-hybridized carbons (Fsp3) is 0.538. The summed E-state index contributed by atoms with van der Waals surface area (Å²) >= 11 is 0. The van der Waals surface area contributed by atoms with Crippen LogP contribution in [0.3, 0.4) is 0 Å². The molecule has 0 aromatic heterocycles. The van der Waals surface area contributed by atoms with E-state index in [0.29, 0.717) is 18.2 Å². The first kappa shape index (κ1) is 13.4. The fourth-order valence-corrected chi connectivity index (χ4v) is 2.22. The van der Waals surface area contributed by atoms with E-state index in [1.54, 1.807) is 6.07 Å². The monoisotopic (exact) mass is 258 g/mol. The van der Waals surface area contributed by atoms with Gasteiger partial charge in [-0.05, 0) is 31.6 Å². The molecule has 0 aliphatic carbocycles. The summed E-state index contributed by atoms with van der Waals surface area (Å²) in [7, 11) is 2.05. The molecule has 1 aliphatic rings. The molecule has 1 aliphatic heterocycles. The van der Waals surface area contributed by atoms with E-state index in [1.807, 2.05) is 7.05 Å². The van der Waals surface area contributed by atoms with Crippen LogP contribution in [0, 0.1) is 0 Å². The van der Waals surface area contributed by atoms with Gasteiger partial charge in [0.25, 0.3) is 0 Å². The van der Waals surface area contributed by atoms with Crippen molar-refractivity contribution in [1.82, 2.24) is 10.2 Å². The van der Waals surface area contributed by atoms with Gasteiger partial charge in [0.05, 0.1) is 5.56 Å². The number of alkyl halides is 3. The summed E-state index contributed by atoms with van der Waals surface area (Å²) in [4.78, 5) is 2.21. The first-order chi connectivity index (χ1) is 8.45. The molecule has 1 aromatic rings. The maximum Gasteiger partial charge on any atom is 0.416 e. The van der Waals surface area contributed by atoms with Crippen LogP contribution in [0.25, 0.3) is 0 Å². The maximum atomic E-state index is 12.5. The van der Waals surface area contributed by atoms with E-state index in [4.69, 9.17) is 0 Å². The molecule has 1 fully saturated rings. The average molecular weight is 258 g/mol. The Morgan fingerprint density at radius 1 is 1.39 bits per heavy atom. The molecule has 2 rings (SSSR count). The van der Waals surface area contributed by atoms with Crippen molar-refractivity contribution in [2.24, 2.45) is 0 Å². The van der Waals surface area contributed by atoms with E-state index >= 15 is 0 Å². The number of rotatable bonds is 3. The topological polar surface area (TPSA) is 15.3 Å². The largest absolute Gasteiger partial charge is 0.416 e. The Bertz CT molecular complexity index is 403. The molecular weight excluding hydrogens is 241 g/mol. The molecule has 1 heterocycles. The first-order valence-electron chi connectivity index (χ1n) is 6.03. The van der Waals surface area contributed by atoms with Gasteiger partial charge in [-0.3, -0.25) is 0 Å². The first-order valence-corrected chi connectivity index (χ1v) is 6.03. The van der Waals surface area contributed by atoms with Gasteiger partial charge in [0.15, 0.2) is 0 Å². The van der Waals surface area contributed by atoms with Crippen LogP contribution in [0.4, 0.5) is 13.2 Å². The molecule has 0 bridgehead atoms. The van der Waals surface area contributed by atoms with Crippen LogP contribution in [0.2, 0.25) is 0 Å². The van der Waals surface area contributed by atoms with Crippen molar-refractivity contribution in [1.29, 1.82) is 0 Å². The van der Waals surface area contributed by atoms with Crippen LogP contribution >= 0.6 is 0 Å². The van der Waals surface area contributed by atoms with E-state index in [-0.39, 0.29) is 0 Å². The van der Waals surface area contributed by atoms with Gasteiger partial charge < -0.3 is 10.2 Å². The average Bonchev–Trinajstić information content (AvgIpc) is 2.72. The molecule has 1 atom stereocenters. The van der Waals surface area contributed by atoms with Crippen molar-refractivity contribution in [3.8, 4) is 0 Å². The number of nitrogens with zero attached hydrogens (tertiary/aromatic N) is 1. The number of hydrogen-bond acceptors (Lipinski definition) is 2. The highest BCUT2D eigenvalue weighted by molar-refractivity contribution is 5.25. The summed E-state index contributed by atoms with van der Waals surface area (Å²) in [6, 6.07) is 5.88. The van der Waals surface area contributed by atoms with Crippen LogP contribution < -0.4 is 5.32 Å². The smallest absolute Gasteiger partial charge is 0.309 e. The van der Waals surface area contributed by atoms with Crippen molar-refractivity contribution in [3.63, 3.8) is 0 Å². The quantitative estimate of drug-likeness (QED) is 0.896. The Labute approximate surface area is 105 Å². The highest BCUT2D eigenvalue weighted by Gasteiger charge is 2.30. The van der Waals surface area contributed by atoms with E-state index < -0.39 is 11.7 Å². The standard InChI is InChI=1S/C13H17F3N2/c1-18-6-5-12(9-18)17-8-10-3-2-4-11(7-10)13(14,15)16/h2-4,7,12,17H,5-6,8-9H2,1H3. The minimum Gasteiger partial charge on any atom is -0.309 e. The van der Waals surface area contributed by atoms with Crippen molar-refractivity contribution in [2.45, 2.75) is 25.2 Å². The van der Waals surface area contributed by atoms with E-state index in [0.717, 1.165) is 25.6 Å². The highest BCUT2D eigenvalue weighted by atomic mass is 19.4. The van der Waals surface area contributed by atoms with Gasteiger partial charge in [-0.2, -0.15) is 13.2 Å². The zero-order chi connectivity index (χ0) is 13.2. The normalized spacial score (nSPS) is 21.4. The molecule has 2 nitrogen and oxygen atoms in total. The lowest BCUT2D eigenvalue weighted by Gasteiger charge is -2.14. The lowest BCUT2D eigenvalue weighted by Crippen LogP contribution is -2.31. The van der Waals surface area contributed by atoms with Gasteiger partial charge in [0.1, 0.15) is 0 Å². The molecule has 0 amide bonds. The molecule has 0 radical (unpaired) electrons. The molecule has 1 unspecified atom stereocenters. The Balaban J connectivity index is 1.93. The molecule has 18 heavy (non-hydrogen) atoms. The fourth-order valence-electron chi connectivity index (χ4n) is 2.22. The van der Waals surface area contributed by atoms with Crippen LogP contribution in [-0.4, -0.2) is 31.1 Å². The number of likely N-dealkylation sites (tertiary alicyclic amines) is 1. The lowest BCUT2D eigenvalue weighted by atomic mass is 10.1. The van der Waals surface area contributed by atoms with Crippen LogP contribution in [0.5, 0.6) is 0 Å². The highest BCUT2D eigenvalue weighted by Crippen LogP contribution is 2.29. The predicted molar refractivity (Wildman–Crippen MR) is 64.2 cm³/mol. The zero-order valence-corrected chi connectivity index (χ0v) is 10.3. The van der Waals surface area contributed by atoms with E-state index in [2.05, 4.69) is 10.2 Å². The number of likely N-dealkylation sites (N-methyl/N-ethyl adjacent to an activating group) is 1. The van der Waals surface area contributed by atoms with Crippen molar-refractivity contribution < 1.29 is 13.2 Å². The summed E-state index contributed by atoms with van der Waals surface area (Å²) in [6.45, 7) is 2.49. The van der Waals surface area contributed by atoms with E-state index in [1.165, 1.54) is 12.1 Å². The van der Waals surface area contributed by atoms with Gasteiger partial charge in [0.2, 0.25) is 0 Å². The Morgan fingerprint density at radius 3 is 2.78 bits per heavy atom. The van der Waals surface area contributed by atoms with Crippen molar-refractivity contribution in [3.05, 3.63) is 35.4 Å². The second-order valence-corrected chi connectivity index (χ2v) is 4.83. The zero-order valence-electron chi connectivity index (χ0n) is 10.3. The summed E-state index contributed by atoms with van der Waals surface area (Å²) in [6.07, 6.45) is -3.21.